The second-order valence-electron chi connectivity index (χ2n) is 5.76. The molecule has 0 radical (unpaired) electrons. The molecule has 0 heterocycles. The van der Waals surface area contributed by atoms with Gasteiger partial charge in [0.1, 0.15) is 18.1 Å². The number of ketones is 1. The lowest BCUT2D eigenvalue weighted by Gasteiger charge is -2.28. The van der Waals surface area contributed by atoms with Crippen LogP contribution >= 0.6 is 0 Å². The van der Waals surface area contributed by atoms with Crippen LogP contribution in [0.25, 0.3) is 0 Å². The van der Waals surface area contributed by atoms with E-state index in [0.717, 1.165) is 4.31 Å². The fourth-order valence-electron chi connectivity index (χ4n) is 2.47. The molecule has 0 aromatic heterocycles. The SMILES string of the molecule is CC=C=CCOc1ccc(S(=O)(=O)N(C)C(C(C)=O)C(C)C)cc1. The van der Waals surface area contributed by atoms with Crippen molar-refractivity contribution in [3.8, 4) is 5.75 Å². The third-order valence-corrected chi connectivity index (χ3v) is 5.41. The lowest BCUT2D eigenvalue weighted by Crippen LogP contribution is -2.44. The fourth-order valence-corrected chi connectivity index (χ4v) is 3.98. The first-order chi connectivity index (χ1) is 11.2. The zero-order valence-electron chi connectivity index (χ0n) is 14.8. The van der Waals surface area contributed by atoms with E-state index >= 15 is 0 Å². The van der Waals surface area contributed by atoms with Gasteiger partial charge in [-0.2, -0.15) is 4.31 Å². The highest BCUT2D eigenvalue weighted by Gasteiger charge is 2.32. The van der Waals surface area contributed by atoms with Gasteiger partial charge < -0.3 is 4.74 Å². The molecular formula is C18H25NO4S. The molecule has 0 saturated heterocycles. The summed E-state index contributed by atoms with van der Waals surface area (Å²) in [6, 6.07) is 5.48. The topological polar surface area (TPSA) is 63.7 Å². The maximum Gasteiger partial charge on any atom is 0.243 e. The van der Waals surface area contributed by atoms with Crippen molar-refractivity contribution in [1.29, 1.82) is 0 Å². The maximum atomic E-state index is 12.7. The highest BCUT2D eigenvalue weighted by molar-refractivity contribution is 7.89. The Morgan fingerprint density at radius 1 is 1.29 bits per heavy atom. The summed E-state index contributed by atoms with van der Waals surface area (Å²) >= 11 is 0. The number of likely N-dealkylation sites (N-methyl/N-ethyl adjacent to an activating group) is 1. The number of hydrogen-bond acceptors (Lipinski definition) is 4. The lowest BCUT2D eigenvalue weighted by molar-refractivity contribution is -0.121. The van der Waals surface area contributed by atoms with Crippen LogP contribution < -0.4 is 4.74 Å². The highest BCUT2D eigenvalue weighted by Crippen LogP contribution is 2.23. The van der Waals surface area contributed by atoms with Crippen LogP contribution in [0.15, 0.2) is 47.0 Å². The Labute approximate surface area is 144 Å². The summed E-state index contributed by atoms with van der Waals surface area (Å²) in [5.74, 6) is 0.285. The van der Waals surface area contributed by atoms with Gasteiger partial charge in [-0.3, -0.25) is 4.79 Å². The first kappa shape index (κ1) is 20.2. The van der Waals surface area contributed by atoms with Crippen LogP contribution in [0, 0.1) is 5.92 Å². The van der Waals surface area contributed by atoms with Crippen molar-refractivity contribution in [3.05, 3.63) is 42.1 Å². The van der Waals surface area contributed by atoms with Gasteiger partial charge in [0.05, 0.1) is 10.9 Å². The molecule has 1 unspecified atom stereocenters. The third-order valence-electron chi connectivity index (χ3n) is 3.56. The summed E-state index contributed by atoms with van der Waals surface area (Å²) in [4.78, 5) is 11.9. The normalized spacial score (nSPS) is 12.6. The van der Waals surface area contributed by atoms with Crippen LogP contribution in [0.5, 0.6) is 5.75 Å². The van der Waals surface area contributed by atoms with E-state index in [9.17, 15) is 13.2 Å². The monoisotopic (exact) mass is 351 g/mol. The van der Waals surface area contributed by atoms with Crippen LogP contribution in [0.4, 0.5) is 0 Å². The van der Waals surface area contributed by atoms with E-state index in [1.54, 1.807) is 24.3 Å². The summed E-state index contributed by atoms with van der Waals surface area (Å²) in [5, 5.41) is 0. The van der Waals surface area contributed by atoms with Crippen molar-refractivity contribution in [3.63, 3.8) is 0 Å². The number of benzene rings is 1. The minimum atomic E-state index is -3.74. The van der Waals surface area contributed by atoms with Crippen molar-refractivity contribution in [1.82, 2.24) is 4.31 Å². The second-order valence-corrected chi connectivity index (χ2v) is 7.76. The largest absolute Gasteiger partial charge is 0.489 e. The van der Waals surface area contributed by atoms with Gasteiger partial charge >= 0.3 is 0 Å². The molecule has 1 atom stereocenters. The summed E-state index contributed by atoms with van der Waals surface area (Å²) in [5.41, 5.74) is 2.89. The Balaban J connectivity index is 2.98. The zero-order chi connectivity index (χ0) is 18.3. The first-order valence-corrected chi connectivity index (χ1v) is 9.22. The number of rotatable bonds is 8. The van der Waals surface area contributed by atoms with Crippen LogP contribution in [-0.2, 0) is 14.8 Å². The Hall–Kier alpha value is -1.88. The molecule has 0 amide bonds. The van der Waals surface area contributed by atoms with E-state index in [4.69, 9.17) is 4.74 Å². The molecule has 0 aliphatic rings. The summed E-state index contributed by atoms with van der Waals surface area (Å²) < 4.78 is 32.0. The van der Waals surface area contributed by atoms with Crippen molar-refractivity contribution in [2.45, 2.75) is 38.6 Å². The predicted octanol–water partition coefficient (Wildman–Crippen LogP) is 3.03. The minimum absolute atomic E-state index is 0.108. The molecule has 0 aliphatic heterocycles. The van der Waals surface area contributed by atoms with E-state index in [2.05, 4.69) is 5.73 Å². The van der Waals surface area contributed by atoms with E-state index in [1.807, 2.05) is 20.8 Å². The summed E-state index contributed by atoms with van der Waals surface area (Å²) in [7, 11) is -2.30. The van der Waals surface area contributed by atoms with Crippen LogP contribution in [0.2, 0.25) is 0 Å². The van der Waals surface area contributed by atoms with Gasteiger partial charge in [0.25, 0.3) is 0 Å². The molecule has 0 fully saturated rings. The molecule has 0 aliphatic carbocycles. The Bertz CT molecular complexity index is 714. The predicted molar refractivity (Wildman–Crippen MR) is 94.5 cm³/mol. The molecule has 1 rings (SSSR count). The number of carbonyl (C=O) groups is 1. The van der Waals surface area contributed by atoms with Crippen LogP contribution in [0.3, 0.4) is 0 Å². The average molecular weight is 351 g/mol. The standard InChI is InChI=1S/C18H25NO4S/c1-6-7-8-13-23-16-9-11-17(12-10-16)24(21,22)19(5)18(14(2)3)15(4)20/h6,8-12,14,18H,13H2,1-5H3. The summed E-state index contributed by atoms with van der Waals surface area (Å²) in [6.07, 6.45) is 3.51. The van der Waals surface area contributed by atoms with Gasteiger partial charge in [-0.1, -0.05) is 13.8 Å². The van der Waals surface area contributed by atoms with E-state index in [-0.39, 0.29) is 16.6 Å². The smallest absolute Gasteiger partial charge is 0.243 e. The van der Waals surface area contributed by atoms with Crippen molar-refractivity contribution in [2.75, 3.05) is 13.7 Å². The second kappa shape index (κ2) is 8.83. The van der Waals surface area contributed by atoms with E-state index in [0.29, 0.717) is 12.4 Å². The average Bonchev–Trinajstić information content (AvgIpc) is 2.51. The van der Waals surface area contributed by atoms with Gasteiger partial charge in [-0.05, 0) is 56.2 Å². The number of hydrogen-bond donors (Lipinski definition) is 0. The zero-order valence-corrected chi connectivity index (χ0v) is 15.6. The molecule has 0 saturated carbocycles. The van der Waals surface area contributed by atoms with Gasteiger partial charge in [0, 0.05) is 7.05 Å². The number of sulfonamides is 1. The van der Waals surface area contributed by atoms with Gasteiger partial charge in [-0.25, -0.2) is 8.42 Å². The minimum Gasteiger partial charge on any atom is -0.489 e. The molecule has 5 nitrogen and oxygen atoms in total. The summed E-state index contributed by atoms with van der Waals surface area (Å²) in [6.45, 7) is 7.28. The molecule has 1 aromatic carbocycles. The van der Waals surface area contributed by atoms with E-state index in [1.165, 1.54) is 26.1 Å². The fraction of sp³-hybridized carbons (Fsp3) is 0.444. The molecule has 0 N–H and O–H groups in total. The van der Waals surface area contributed by atoms with Crippen molar-refractivity contribution >= 4 is 15.8 Å². The molecule has 6 heteroatoms. The lowest BCUT2D eigenvalue weighted by atomic mass is 10.0. The molecule has 24 heavy (non-hydrogen) atoms. The first-order valence-electron chi connectivity index (χ1n) is 7.78. The number of nitrogens with zero attached hydrogens (tertiary/aromatic N) is 1. The quantitative estimate of drug-likeness (QED) is 0.675. The van der Waals surface area contributed by atoms with Gasteiger partial charge in [-0.15, -0.1) is 5.73 Å². The van der Waals surface area contributed by atoms with Crippen LogP contribution in [0.1, 0.15) is 27.7 Å². The van der Waals surface area contributed by atoms with Crippen molar-refractivity contribution in [2.24, 2.45) is 5.92 Å². The number of Topliss-reactive ketones (excluding diaryl/α,β-unsaturated/α-hetero) is 1. The van der Waals surface area contributed by atoms with Gasteiger partial charge in [0.15, 0.2) is 0 Å². The van der Waals surface area contributed by atoms with Crippen molar-refractivity contribution < 1.29 is 17.9 Å². The maximum absolute atomic E-state index is 12.7. The molecule has 132 valence electrons. The number of carbonyl (C=O) groups excluding carboxylic acids is 1. The molecular weight excluding hydrogens is 326 g/mol. The molecule has 1 aromatic rings. The Morgan fingerprint density at radius 3 is 2.33 bits per heavy atom. The Morgan fingerprint density at radius 2 is 1.88 bits per heavy atom. The van der Waals surface area contributed by atoms with Gasteiger partial charge in [0.2, 0.25) is 10.0 Å². The highest BCUT2D eigenvalue weighted by atomic mass is 32.2. The van der Waals surface area contributed by atoms with Crippen LogP contribution in [-0.4, -0.2) is 38.2 Å². The molecule has 0 spiro atoms. The molecule has 0 bridgehead atoms. The van der Waals surface area contributed by atoms with E-state index < -0.39 is 16.1 Å². The Kier molecular flexibility index (Phi) is 7.42. The number of ether oxygens (including phenoxy) is 1. The third kappa shape index (κ3) is 5.06.